The zero-order chi connectivity index (χ0) is 19.9. The van der Waals surface area contributed by atoms with E-state index in [4.69, 9.17) is 11.6 Å². The summed E-state index contributed by atoms with van der Waals surface area (Å²) < 4.78 is 0. The molecule has 154 valence electrons. The van der Waals surface area contributed by atoms with Gasteiger partial charge < -0.3 is 15.5 Å². The summed E-state index contributed by atoms with van der Waals surface area (Å²) in [6.45, 7) is 0.614. The second kappa shape index (κ2) is 7.62. The lowest BCUT2D eigenvalue weighted by atomic mass is 9.49. The maximum absolute atomic E-state index is 13.0. The molecule has 0 saturated heterocycles. The van der Waals surface area contributed by atoms with Crippen molar-refractivity contribution in [3.8, 4) is 0 Å². The van der Waals surface area contributed by atoms with E-state index in [0.29, 0.717) is 18.4 Å². The van der Waals surface area contributed by atoms with Gasteiger partial charge in [-0.15, -0.1) is 22.9 Å². The first-order valence-electron chi connectivity index (χ1n) is 10.4. The van der Waals surface area contributed by atoms with Gasteiger partial charge in [0.15, 0.2) is 0 Å². The first kappa shape index (κ1) is 20.2. The number of alkyl halides is 1. The molecule has 7 heteroatoms. The van der Waals surface area contributed by atoms with Crippen LogP contribution in [0.5, 0.6) is 0 Å². The van der Waals surface area contributed by atoms with E-state index in [2.05, 4.69) is 36.2 Å². The van der Waals surface area contributed by atoms with Gasteiger partial charge in [-0.1, -0.05) is 6.07 Å². The molecule has 3 N–H and O–H groups in total. The van der Waals surface area contributed by atoms with Crippen LogP contribution < -0.4 is 15.5 Å². The normalized spacial score (nSPS) is 34.4. The molecule has 4 aliphatic rings. The van der Waals surface area contributed by atoms with E-state index in [1.54, 1.807) is 11.3 Å². The monoisotopic (exact) mass is 424 g/mol. The molecule has 5 rings (SSSR count). The quantitative estimate of drug-likeness (QED) is 0.584. The predicted octanol–water partition coefficient (Wildman–Crippen LogP) is 1.74. The van der Waals surface area contributed by atoms with E-state index in [1.165, 1.54) is 16.2 Å². The molecular formula is C21H31ClN3O2S+. The Morgan fingerprint density at radius 2 is 1.96 bits per heavy atom. The van der Waals surface area contributed by atoms with E-state index < -0.39 is 0 Å². The zero-order valence-corrected chi connectivity index (χ0v) is 18.3. The van der Waals surface area contributed by atoms with E-state index in [0.717, 1.165) is 32.1 Å². The number of likely N-dealkylation sites (N-methyl/N-ethyl adjacent to an activating group) is 1. The Kier molecular flexibility index (Phi) is 5.49. The lowest BCUT2D eigenvalue weighted by molar-refractivity contribution is -0.890. The zero-order valence-electron chi connectivity index (χ0n) is 16.7. The van der Waals surface area contributed by atoms with Gasteiger partial charge in [-0.2, -0.15) is 0 Å². The van der Waals surface area contributed by atoms with E-state index in [-0.39, 0.29) is 34.7 Å². The van der Waals surface area contributed by atoms with Crippen LogP contribution in [0.3, 0.4) is 0 Å². The average Bonchev–Trinajstić information content (AvgIpc) is 3.11. The summed E-state index contributed by atoms with van der Waals surface area (Å²) in [5.74, 6) is 1.07. The fraction of sp³-hybridized carbons (Fsp3) is 0.714. The third-order valence-electron chi connectivity index (χ3n) is 6.97. The van der Waals surface area contributed by atoms with Gasteiger partial charge in [-0.3, -0.25) is 9.59 Å². The minimum absolute atomic E-state index is 0.0369. The first-order valence-corrected chi connectivity index (χ1v) is 11.6. The van der Waals surface area contributed by atoms with Crippen LogP contribution in [0.25, 0.3) is 0 Å². The molecule has 5 atom stereocenters. The standard InChI is InChI=1S/C21H30ClN3O2S/c1-25(2)16(17-4-3-5-28-17)11-23-18(26)12-24-19(27)20-7-14-6-15(8-20)10-21(22,9-14)13-20/h3-5,14-16H,6-13H2,1-2H3,(H,23,26)(H,24,27)/p+1/t14-,15+,16-,20?,21?/m0/s1. The Balaban J connectivity index is 1.30. The summed E-state index contributed by atoms with van der Waals surface area (Å²) in [6.07, 6.45) is 5.98. The summed E-state index contributed by atoms with van der Waals surface area (Å²) in [5.41, 5.74) is -0.348. The fourth-order valence-electron chi connectivity index (χ4n) is 6.12. The molecule has 2 amide bonds. The second-order valence-electron chi connectivity index (χ2n) is 9.52. The Labute approximate surface area is 176 Å². The molecule has 5 nitrogen and oxygen atoms in total. The van der Waals surface area contributed by atoms with Crippen molar-refractivity contribution in [3.63, 3.8) is 0 Å². The highest BCUT2D eigenvalue weighted by molar-refractivity contribution is 7.10. The van der Waals surface area contributed by atoms with Crippen molar-refractivity contribution in [1.82, 2.24) is 10.6 Å². The fourth-order valence-corrected chi connectivity index (χ4v) is 7.77. The number of nitrogens with one attached hydrogen (secondary N) is 3. The summed E-state index contributed by atoms with van der Waals surface area (Å²) in [7, 11) is 4.18. The van der Waals surface area contributed by atoms with Crippen molar-refractivity contribution in [3.05, 3.63) is 22.4 Å². The van der Waals surface area contributed by atoms with E-state index >= 15 is 0 Å². The van der Waals surface area contributed by atoms with Crippen molar-refractivity contribution in [1.29, 1.82) is 0 Å². The Morgan fingerprint density at radius 3 is 2.54 bits per heavy atom. The van der Waals surface area contributed by atoms with Crippen LogP contribution in [0.2, 0.25) is 0 Å². The van der Waals surface area contributed by atoms with Gasteiger partial charge in [-0.25, -0.2) is 0 Å². The minimum Gasteiger partial charge on any atom is -0.348 e. The highest BCUT2D eigenvalue weighted by Gasteiger charge is 2.60. The second-order valence-corrected chi connectivity index (χ2v) is 11.3. The van der Waals surface area contributed by atoms with Crippen LogP contribution in [0, 0.1) is 17.3 Å². The lowest BCUT2D eigenvalue weighted by Gasteiger charge is -2.59. The molecular weight excluding hydrogens is 394 g/mol. The van der Waals surface area contributed by atoms with Crippen molar-refractivity contribution in [2.24, 2.45) is 17.3 Å². The number of hydrogen-bond acceptors (Lipinski definition) is 3. The molecule has 1 aromatic heterocycles. The molecule has 4 fully saturated rings. The van der Waals surface area contributed by atoms with Crippen LogP contribution in [0.4, 0.5) is 0 Å². The third kappa shape index (κ3) is 3.96. The van der Waals surface area contributed by atoms with Crippen LogP contribution in [0.15, 0.2) is 17.5 Å². The van der Waals surface area contributed by atoms with Crippen LogP contribution in [-0.4, -0.2) is 43.9 Å². The first-order chi connectivity index (χ1) is 13.3. The Hall–Kier alpha value is -1.11. The molecule has 2 unspecified atom stereocenters. The lowest BCUT2D eigenvalue weighted by Crippen LogP contribution is -3.06. The van der Waals surface area contributed by atoms with Crippen molar-refractivity contribution in [2.75, 3.05) is 27.2 Å². The molecule has 4 bridgehead atoms. The predicted molar refractivity (Wildman–Crippen MR) is 112 cm³/mol. The topological polar surface area (TPSA) is 62.6 Å². The SMILES string of the molecule is C[NH+](C)[C@@H](CNC(=O)CNC(=O)C12C[C@@H]3C[C@@H](CC(Cl)(C3)C1)C2)c1cccs1. The molecule has 28 heavy (non-hydrogen) atoms. The molecule has 4 aliphatic carbocycles. The number of amides is 2. The van der Waals surface area contributed by atoms with Crippen molar-refractivity contribution < 1.29 is 14.5 Å². The highest BCUT2D eigenvalue weighted by atomic mass is 35.5. The Morgan fingerprint density at radius 1 is 1.25 bits per heavy atom. The number of rotatable bonds is 7. The summed E-state index contributed by atoms with van der Waals surface area (Å²) >= 11 is 8.54. The number of quaternary nitrogens is 1. The third-order valence-corrected chi connectivity index (χ3v) is 8.40. The Bertz CT molecular complexity index is 722. The van der Waals surface area contributed by atoms with E-state index in [1.807, 2.05) is 6.07 Å². The van der Waals surface area contributed by atoms with Crippen molar-refractivity contribution >= 4 is 34.8 Å². The molecule has 1 heterocycles. The van der Waals surface area contributed by atoms with Gasteiger partial charge in [0.25, 0.3) is 0 Å². The van der Waals surface area contributed by atoms with Gasteiger partial charge in [0.1, 0.15) is 6.04 Å². The van der Waals surface area contributed by atoms with Crippen molar-refractivity contribution in [2.45, 2.75) is 49.4 Å². The average molecular weight is 425 g/mol. The molecule has 0 aromatic carbocycles. The molecule has 0 spiro atoms. The molecule has 1 aromatic rings. The van der Waals surface area contributed by atoms with Gasteiger partial charge in [0, 0.05) is 4.87 Å². The van der Waals surface area contributed by atoms with E-state index in [9.17, 15) is 9.59 Å². The van der Waals surface area contributed by atoms with Gasteiger partial charge >= 0.3 is 0 Å². The minimum atomic E-state index is -0.348. The number of hydrogen-bond donors (Lipinski definition) is 3. The number of carbonyl (C=O) groups excluding carboxylic acids is 2. The molecule has 0 aliphatic heterocycles. The molecule has 4 saturated carbocycles. The maximum atomic E-state index is 13.0. The molecule has 0 radical (unpaired) electrons. The number of carbonyl (C=O) groups is 2. The largest absolute Gasteiger partial charge is 0.348 e. The summed E-state index contributed by atoms with van der Waals surface area (Å²) in [6, 6.07) is 4.36. The van der Waals surface area contributed by atoms with Crippen LogP contribution >= 0.6 is 22.9 Å². The maximum Gasteiger partial charge on any atom is 0.239 e. The summed E-state index contributed by atoms with van der Waals surface area (Å²) in [4.78, 5) is 27.7. The van der Waals surface area contributed by atoms with Gasteiger partial charge in [-0.05, 0) is 61.8 Å². The van der Waals surface area contributed by atoms with Gasteiger partial charge in [0.2, 0.25) is 11.8 Å². The van der Waals surface area contributed by atoms with Crippen LogP contribution in [-0.2, 0) is 9.59 Å². The smallest absolute Gasteiger partial charge is 0.239 e. The summed E-state index contributed by atoms with van der Waals surface area (Å²) in [5, 5.41) is 7.98. The van der Waals surface area contributed by atoms with Crippen LogP contribution in [0.1, 0.15) is 49.4 Å². The van der Waals surface area contributed by atoms with Gasteiger partial charge in [0.05, 0.1) is 37.5 Å². The number of halogens is 1. The highest BCUT2D eigenvalue weighted by Crippen LogP contribution is 2.63. The number of thiophene rings is 1.